The number of carbonyl (C=O) groups excluding carboxylic acids is 1. The van der Waals surface area contributed by atoms with Crippen LogP contribution in [0, 0.1) is 0 Å². The number of hydrogen-bond acceptors (Lipinski definition) is 6. The Bertz CT molecular complexity index is 690. The number of urea groups is 1. The summed E-state index contributed by atoms with van der Waals surface area (Å²) in [7, 11) is 3.78. The molecule has 0 aliphatic carbocycles. The molecule has 1 aliphatic heterocycles. The molecule has 134 valence electrons. The Balaban J connectivity index is 1.55. The molecule has 2 aromatic rings. The van der Waals surface area contributed by atoms with Gasteiger partial charge in [-0.15, -0.1) is 0 Å². The second-order valence-corrected chi connectivity index (χ2v) is 5.98. The van der Waals surface area contributed by atoms with Gasteiger partial charge in [-0.1, -0.05) is 0 Å². The van der Waals surface area contributed by atoms with Gasteiger partial charge >= 0.3 is 6.03 Å². The van der Waals surface area contributed by atoms with Gasteiger partial charge in [0.05, 0.1) is 25.4 Å². The van der Waals surface area contributed by atoms with E-state index in [1.807, 2.05) is 37.3 Å². The van der Waals surface area contributed by atoms with Crippen LogP contribution in [-0.2, 0) is 11.3 Å². The van der Waals surface area contributed by atoms with Crippen LogP contribution >= 0.6 is 0 Å². The summed E-state index contributed by atoms with van der Waals surface area (Å²) in [5.74, 6) is 0.627. The Labute approximate surface area is 146 Å². The first kappa shape index (κ1) is 17.2. The molecule has 2 aromatic heterocycles. The van der Waals surface area contributed by atoms with Gasteiger partial charge in [0.25, 0.3) is 0 Å². The van der Waals surface area contributed by atoms with E-state index in [1.54, 1.807) is 22.0 Å². The van der Waals surface area contributed by atoms with Crippen LogP contribution in [0.15, 0.2) is 30.7 Å². The van der Waals surface area contributed by atoms with Crippen LogP contribution in [0.3, 0.4) is 0 Å². The van der Waals surface area contributed by atoms with Crippen LogP contribution in [0.25, 0.3) is 0 Å². The number of aromatic nitrogens is 4. The maximum absolute atomic E-state index is 12.4. The third-order valence-corrected chi connectivity index (χ3v) is 3.92. The summed E-state index contributed by atoms with van der Waals surface area (Å²) in [6, 6.07) is 3.59. The van der Waals surface area contributed by atoms with E-state index >= 15 is 0 Å². The van der Waals surface area contributed by atoms with Crippen molar-refractivity contribution in [2.45, 2.75) is 12.6 Å². The van der Waals surface area contributed by atoms with Crippen molar-refractivity contribution in [2.75, 3.05) is 45.2 Å². The Morgan fingerprint density at radius 3 is 3.08 bits per heavy atom. The number of nitrogens with zero attached hydrogens (tertiary/aromatic N) is 6. The molecule has 1 saturated heterocycles. The largest absolute Gasteiger partial charge is 0.368 e. The summed E-state index contributed by atoms with van der Waals surface area (Å²) in [5, 5.41) is 7.04. The zero-order chi connectivity index (χ0) is 17.6. The average Bonchev–Trinajstić information content (AvgIpc) is 3.15. The van der Waals surface area contributed by atoms with E-state index in [0.717, 1.165) is 5.69 Å². The topological polar surface area (TPSA) is 88.4 Å². The van der Waals surface area contributed by atoms with E-state index in [9.17, 15) is 4.79 Å². The standard InChI is InChI=1S/C16H23N7O2/c1-21(2)15-17-6-4-13(20-15)14-12-22(10-11-25-14)16(24)18-7-9-23-8-3-5-19-23/h3-6,8,14H,7,9-12H2,1-2H3,(H,18,24)/t14-/m1/s1. The summed E-state index contributed by atoms with van der Waals surface area (Å²) in [4.78, 5) is 24.7. The van der Waals surface area contributed by atoms with Gasteiger partial charge < -0.3 is 19.9 Å². The summed E-state index contributed by atoms with van der Waals surface area (Å²) in [6.45, 7) is 2.69. The molecule has 0 saturated carbocycles. The molecule has 1 atom stereocenters. The fraction of sp³-hybridized carbons (Fsp3) is 0.500. The smallest absolute Gasteiger partial charge is 0.317 e. The van der Waals surface area contributed by atoms with Crippen LogP contribution in [0.2, 0.25) is 0 Å². The molecule has 1 N–H and O–H groups in total. The number of nitrogens with one attached hydrogen (secondary N) is 1. The molecule has 1 fully saturated rings. The monoisotopic (exact) mass is 345 g/mol. The second-order valence-electron chi connectivity index (χ2n) is 5.98. The van der Waals surface area contributed by atoms with Gasteiger partial charge in [0.15, 0.2) is 0 Å². The Morgan fingerprint density at radius 1 is 1.44 bits per heavy atom. The fourth-order valence-electron chi connectivity index (χ4n) is 2.59. The molecule has 3 rings (SSSR count). The summed E-state index contributed by atoms with van der Waals surface area (Å²) < 4.78 is 7.58. The van der Waals surface area contributed by atoms with Crippen LogP contribution in [0.5, 0.6) is 0 Å². The number of ether oxygens (including phenoxy) is 1. The quantitative estimate of drug-likeness (QED) is 0.850. The lowest BCUT2D eigenvalue weighted by molar-refractivity contribution is -0.0176. The zero-order valence-electron chi connectivity index (χ0n) is 14.5. The third kappa shape index (κ3) is 4.44. The van der Waals surface area contributed by atoms with Gasteiger partial charge in [0.2, 0.25) is 5.95 Å². The van der Waals surface area contributed by atoms with E-state index in [0.29, 0.717) is 38.7 Å². The van der Waals surface area contributed by atoms with Gasteiger partial charge in [0.1, 0.15) is 6.10 Å². The minimum Gasteiger partial charge on any atom is -0.368 e. The van der Waals surface area contributed by atoms with Crippen molar-refractivity contribution in [1.82, 2.24) is 30.0 Å². The maximum atomic E-state index is 12.4. The number of morpholine rings is 1. The summed E-state index contributed by atoms with van der Waals surface area (Å²) in [5.41, 5.74) is 0.785. The molecule has 0 radical (unpaired) electrons. The summed E-state index contributed by atoms with van der Waals surface area (Å²) >= 11 is 0. The van der Waals surface area contributed by atoms with Gasteiger partial charge in [0, 0.05) is 45.8 Å². The van der Waals surface area contributed by atoms with Gasteiger partial charge in [-0.25, -0.2) is 14.8 Å². The summed E-state index contributed by atoms with van der Waals surface area (Å²) in [6.07, 6.45) is 5.06. The average molecular weight is 345 g/mol. The van der Waals surface area contributed by atoms with Crippen molar-refractivity contribution in [1.29, 1.82) is 0 Å². The first-order valence-electron chi connectivity index (χ1n) is 8.25. The van der Waals surface area contributed by atoms with Crippen molar-refractivity contribution in [3.8, 4) is 0 Å². The van der Waals surface area contributed by atoms with E-state index in [-0.39, 0.29) is 12.1 Å². The SMILES string of the molecule is CN(C)c1nccc([C@H]2CN(C(=O)NCCn3cccn3)CCO2)n1. The predicted octanol–water partition coefficient (Wildman–Crippen LogP) is 0.522. The molecular formula is C16H23N7O2. The second kappa shape index (κ2) is 7.93. The molecule has 0 bridgehead atoms. The van der Waals surface area contributed by atoms with E-state index in [2.05, 4.69) is 20.4 Å². The van der Waals surface area contributed by atoms with Crippen LogP contribution in [-0.4, -0.2) is 71.0 Å². The van der Waals surface area contributed by atoms with Crippen molar-refractivity contribution in [3.63, 3.8) is 0 Å². The Kier molecular flexibility index (Phi) is 5.44. The lowest BCUT2D eigenvalue weighted by atomic mass is 10.2. The van der Waals surface area contributed by atoms with Crippen molar-refractivity contribution >= 4 is 12.0 Å². The van der Waals surface area contributed by atoms with E-state index in [1.165, 1.54) is 0 Å². The number of hydrogen-bond donors (Lipinski definition) is 1. The first-order chi connectivity index (χ1) is 12.1. The van der Waals surface area contributed by atoms with Crippen LogP contribution < -0.4 is 10.2 Å². The first-order valence-corrected chi connectivity index (χ1v) is 8.25. The number of anilines is 1. The molecule has 9 heteroatoms. The third-order valence-electron chi connectivity index (χ3n) is 3.92. The highest BCUT2D eigenvalue weighted by molar-refractivity contribution is 5.74. The molecular weight excluding hydrogens is 322 g/mol. The molecule has 25 heavy (non-hydrogen) atoms. The molecule has 0 aromatic carbocycles. The molecule has 9 nitrogen and oxygen atoms in total. The normalized spacial score (nSPS) is 17.4. The van der Waals surface area contributed by atoms with Gasteiger partial charge in [-0.05, 0) is 12.1 Å². The number of carbonyl (C=O) groups is 1. The minimum absolute atomic E-state index is 0.0951. The lowest BCUT2D eigenvalue weighted by Gasteiger charge is -2.32. The van der Waals surface area contributed by atoms with Crippen molar-refractivity contribution in [3.05, 3.63) is 36.4 Å². The van der Waals surface area contributed by atoms with Crippen molar-refractivity contribution in [2.24, 2.45) is 0 Å². The van der Waals surface area contributed by atoms with Gasteiger partial charge in [-0.3, -0.25) is 4.68 Å². The fourth-order valence-corrected chi connectivity index (χ4v) is 2.59. The highest BCUT2D eigenvalue weighted by Gasteiger charge is 2.26. The minimum atomic E-state index is -0.243. The highest BCUT2D eigenvalue weighted by Crippen LogP contribution is 2.21. The molecule has 0 spiro atoms. The number of amides is 2. The highest BCUT2D eigenvalue weighted by atomic mass is 16.5. The zero-order valence-corrected chi connectivity index (χ0v) is 14.5. The molecule has 1 aliphatic rings. The van der Waals surface area contributed by atoms with Gasteiger partial charge in [-0.2, -0.15) is 5.10 Å². The maximum Gasteiger partial charge on any atom is 0.317 e. The van der Waals surface area contributed by atoms with E-state index in [4.69, 9.17) is 4.74 Å². The van der Waals surface area contributed by atoms with Crippen LogP contribution in [0.4, 0.5) is 10.7 Å². The Hall–Kier alpha value is -2.68. The van der Waals surface area contributed by atoms with E-state index < -0.39 is 0 Å². The predicted molar refractivity (Wildman–Crippen MR) is 92.3 cm³/mol. The molecule has 0 unspecified atom stereocenters. The molecule has 2 amide bonds. The Morgan fingerprint density at radius 2 is 2.32 bits per heavy atom. The van der Waals surface area contributed by atoms with Crippen LogP contribution in [0.1, 0.15) is 11.8 Å². The number of rotatable bonds is 5. The van der Waals surface area contributed by atoms with Crippen molar-refractivity contribution < 1.29 is 9.53 Å². The lowest BCUT2D eigenvalue weighted by Crippen LogP contribution is -2.47. The molecule has 3 heterocycles.